The van der Waals surface area contributed by atoms with Crippen LogP contribution in [0.1, 0.15) is 27.7 Å². The highest BCUT2D eigenvalue weighted by Crippen LogP contribution is 2.19. The van der Waals surface area contributed by atoms with Crippen molar-refractivity contribution in [1.82, 2.24) is 10.2 Å². The molecule has 1 N–H and O–H groups in total. The molecule has 2 unspecified atom stereocenters. The lowest BCUT2D eigenvalue weighted by Crippen LogP contribution is -2.47. The van der Waals surface area contributed by atoms with Crippen LogP contribution < -0.4 is 5.32 Å². The van der Waals surface area contributed by atoms with Gasteiger partial charge in [0, 0.05) is 42.7 Å². The monoisotopic (exact) mass is 216 g/mol. The summed E-state index contributed by atoms with van der Waals surface area (Å²) in [6, 6.07) is 1.29. The van der Waals surface area contributed by atoms with Gasteiger partial charge in [0.15, 0.2) is 0 Å². The molecule has 2 atom stereocenters. The Morgan fingerprint density at radius 1 is 1.43 bits per heavy atom. The number of hydrogen-bond donors (Lipinski definition) is 1. The van der Waals surface area contributed by atoms with Gasteiger partial charge in [-0.2, -0.15) is 11.8 Å². The number of hydrogen-bond acceptors (Lipinski definition) is 3. The average molecular weight is 216 g/mol. The quantitative estimate of drug-likeness (QED) is 0.771. The molecule has 0 bridgehead atoms. The van der Waals surface area contributed by atoms with Gasteiger partial charge in [-0.25, -0.2) is 0 Å². The predicted octanol–water partition coefficient (Wildman–Crippen LogP) is 1.81. The van der Waals surface area contributed by atoms with E-state index in [4.69, 9.17) is 0 Å². The molecule has 0 spiro atoms. The Labute approximate surface area is 92.8 Å². The second-order valence-corrected chi connectivity index (χ2v) is 6.13. The summed E-state index contributed by atoms with van der Waals surface area (Å²) in [5.41, 5.74) is 0. The van der Waals surface area contributed by atoms with E-state index < -0.39 is 0 Å². The van der Waals surface area contributed by atoms with Crippen LogP contribution in [0.4, 0.5) is 0 Å². The Hall–Kier alpha value is 0.270. The van der Waals surface area contributed by atoms with E-state index in [1.54, 1.807) is 0 Å². The Kier molecular flexibility index (Phi) is 5.28. The van der Waals surface area contributed by atoms with Crippen molar-refractivity contribution < 1.29 is 0 Å². The van der Waals surface area contributed by atoms with Gasteiger partial charge in [-0.05, 0) is 6.92 Å². The zero-order valence-electron chi connectivity index (χ0n) is 9.92. The second kappa shape index (κ2) is 5.99. The van der Waals surface area contributed by atoms with E-state index in [0.717, 1.165) is 11.8 Å². The van der Waals surface area contributed by atoms with E-state index in [2.05, 4.69) is 49.7 Å². The highest BCUT2D eigenvalue weighted by molar-refractivity contribution is 7.99. The molecule has 0 aliphatic carbocycles. The molecule has 0 amide bonds. The molecule has 1 saturated heterocycles. The van der Waals surface area contributed by atoms with Crippen LogP contribution in [0.2, 0.25) is 0 Å². The van der Waals surface area contributed by atoms with Crippen LogP contribution in [0.5, 0.6) is 0 Å². The van der Waals surface area contributed by atoms with Crippen molar-refractivity contribution in [3.8, 4) is 0 Å². The second-order valence-electron chi connectivity index (χ2n) is 4.59. The van der Waals surface area contributed by atoms with E-state index in [9.17, 15) is 0 Å². The summed E-state index contributed by atoms with van der Waals surface area (Å²) in [4.78, 5) is 2.61. The van der Waals surface area contributed by atoms with Gasteiger partial charge in [-0.15, -0.1) is 0 Å². The molecule has 0 radical (unpaired) electrons. The van der Waals surface area contributed by atoms with Crippen LogP contribution >= 0.6 is 11.8 Å². The van der Waals surface area contributed by atoms with Crippen LogP contribution in [0, 0.1) is 0 Å². The van der Waals surface area contributed by atoms with Gasteiger partial charge >= 0.3 is 0 Å². The molecule has 3 heteroatoms. The zero-order chi connectivity index (χ0) is 10.6. The van der Waals surface area contributed by atoms with Crippen molar-refractivity contribution in [3.05, 3.63) is 0 Å². The van der Waals surface area contributed by atoms with Gasteiger partial charge in [0.25, 0.3) is 0 Å². The lowest BCUT2D eigenvalue weighted by molar-refractivity contribution is 0.211. The summed E-state index contributed by atoms with van der Waals surface area (Å²) >= 11 is 2.10. The van der Waals surface area contributed by atoms with Crippen LogP contribution in [-0.2, 0) is 0 Å². The fourth-order valence-electron chi connectivity index (χ4n) is 1.78. The lowest BCUT2D eigenvalue weighted by atomic mass is 10.2. The molecule has 1 heterocycles. The van der Waals surface area contributed by atoms with Crippen molar-refractivity contribution >= 4 is 11.8 Å². The fraction of sp³-hybridized carbons (Fsp3) is 1.00. The standard InChI is InChI=1S/C11H24N2S/c1-9(2)12-7-10(3)13-5-6-14-11(4)8-13/h9-12H,5-8H2,1-4H3. The lowest BCUT2D eigenvalue weighted by Gasteiger charge is -2.35. The maximum absolute atomic E-state index is 3.51. The molecular formula is C11H24N2S. The van der Waals surface area contributed by atoms with E-state index in [-0.39, 0.29) is 0 Å². The first-order valence-corrected chi connectivity index (χ1v) is 6.73. The first kappa shape index (κ1) is 12.3. The molecule has 84 valence electrons. The van der Waals surface area contributed by atoms with E-state index in [0.29, 0.717) is 12.1 Å². The maximum atomic E-state index is 3.51. The Morgan fingerprint density at radius 2 is 2.14 bits per heavy atom. The van der Waals surface area contributed by atoms with Gasteiger partial charge in [-0.1, -0.05) is 20.8 Å². The predicted molar refractivity (Wildman–Crippen MR) is 66.1 cm³/mol. The molecule has 1 aliphatic heterocycles. The number of rotatable bonds is 4. The van der Waals surface area contributed by atoms with Crippen LogP contribution in [0.3, 0.4) is 0 Å². The van der Waals surface area contributed by atoms with Crippen molar-refractivity contribution in [2.75, 3.05) is 25.4 Å². The Morgan fingerprint density at radius 3 is 2.71 bits per heavy atom. The van der Waals surface area contributed by atoms with Crippen molar-refractivity contribution in [3.63, 3.8) is 0 Å². The summed E-state index contributed by atoms with van der Waals surface area (Å²) in [5, 5.41) is 4.32. The highest BCUT2D eigenvalue weighted by Gasteiger charge is 2.20. The Bertz CT molecular complexity index is 161. The van der Waals surface area contributed by atoms with Crippen molar-refractivity contribution in [2.45, 2.75) is 45.0 Å². The van der Waals surface area contributed by atoms with E-state index in [1.165, 1.54) is 18.8 Å². The van der Waals surface area contributed by atoms with Gasteiger partial charge in [0.05, 0.1) is 0 Å². The molecule has 0 aromatic carbocycles. The average Bonchev–Trinajstić information content (AvgIpc) is 2.14. The number of thioether (sulfide) groups is 1. The third kappa shape index (κ3) is 4.20. The third-order valence-electron chi connectivity index (χ3n) is 2.72. The molecular weight excluding hydrogens is 192 g/mol. The minimum Gasteiger partial charge on any atom is -0.313 e. The zero-order valence-corrected chi connectivity index (χ0v) is 10.7. The molecule has 2 nitrogen and oxygen atoms in total. The van der Waals surface area contributed by atoms with Crippen molar-refractivity contribution in [2.24, 2.45) is 0 Å². The maximum Gasteiger partial charge on any atom is 0.0193 e. The first-order valence-electron chi connectivity index (χ1n) is 5.68. The molecule has 1 rings (SSSR count). The summed E-state index contributed by atoms with van der Waals surface area (Å²) in [6.45, 7) is 12.7. The fourth-order valence-corrected chi connectivity index (χ4v) is 2.82. The minimum atomic E-state index is 0.606. The van der Waals surface area contributed by atoms with Crippen LogP contribution in [-0.4, -0.2) is 47.6 Å². The van der Waals surface area contributed by atoms with Gasteiger partial charge in [0.1, 0.15) is 0 Å². The summed E-state index contributed by atoms with van der Waals surface area (Å²) in [6.07, 6.45) is 0. The number of nitrogens with one attached hydrogen (secondary N) is 1. The van der Waals surface area contributed by atoms with E-state index >= 15 is 0 Å². The van der Waals surface area contributed by atoms with E-state index in [1.807, 2.05) is 0 Å². The van der Waals surface area contributed by atoms with Gasteiger partial charge in [0.2, 0.25) is 0 Å². The summed E-state index contributed by atoms with van der Waals surface area (Å²) in [5.74, 6) is 1.30. The Balaban J connectivity index is 2.25. The normalized spacial score (nSPS) is 26.8. The van der Waals surface area contributed by atoms with Crippen molar-refractivity contribution in [1.29, 1.82) is 0 Å². The van der Waals surface area contributed by atoms with Gasteiger partial charge < -0.3 is 5.32 Å². The molecule has 1 fully saturated rings. The largest absolute Gasteiger partial charge is 0.313 e. The minimum absolute atomic E-state index is 0.606. The smallest absolute Gasteiger partial charge is 0.0193 e. The van der Waals surface area contributed by atoms with Crippen LogP contribution in [0.25, 0.3) is 0 Å². The van der Waals surface area contributed by atoms with Gasteiger partial charge in [-0.3, -0.25) is 4.90 Å². The molecule has 1 aliphatic rings. The molecule has 14 heavy (non-hydrogen) atoms. The number of nitrogens with zero attached hydrogens (tertiary/aromatic N) is 1. The molecule has 0 aromatic rings. The van der Waals surface area contributed by atoms with Crippen LogP contribution in [0.15, 0.2) is 0 Å². The molecule has 0 saturated carbocycles. The first-order chi connectivity index (χ1) is 6.59. The summed E-state index contributed by atoms with van der Waals surface area (Å²) < 4.78 is 0. The highest BCUT2D eigenvalue weighted by atomic mass is 32.2. The molecule has 0 aromatic heterocycles. The SMILES string of the molecule is CC(C)NCC(C)N1CCSC(C)C1. The topological polar surface area (TPSA) is 15.3 Å². The summed E-state index contributed by atoms with van der Waals surface area (Å²) in [7, 11) is 0. The third-order valence-corrected chi connectivity index (χ3v) is 3.85.